The van der Waals surface area contributed by atoms with Gasteiger partial charge < -0.3 is 10.1 Å². The van der Waals surface area contributed by atoms with E-state index in [2.05, 4.69) is 10.3 Å². The van der Waals surface area contributed by atoms with Crippen LogP contribution in [0, 0.1) is 0 Å². The summed E-state index contributed by atoms with van der Waals surface area (Å²) in [4.78, 5) is 4.33. The van der Waals surface area contributed by atoms with Crippen LogP contribution in [-0.2, 0) is 9.84 Å². The highest BCUT2D eigenvalue weighted by molar-refractivity contribution is 7.90. The molecular weight excluding hydrogens is 288 g/mol. The summed E-state index contributed by atoms with van der Waals surface area (Å²) in [5.41, 5.74) is 1.01. The van der Waals surface area contributed by atoms with Gasteiger partial charge in [0.2, 0.25) is 0 Å². The molecule has 5 nitrogen and oxygen atoms in total. The molecule has 0 bridgehead atoms. The first-order valence-corrected chi connectivity index (χ1v) is 8.36. The number of sulfone groups is 1. The maximum absolute atomic E-state index is 11.8. The van der Waals surface area contributed by atoms with E-state index >= 15 is 0 Å². The lowest BCUT2D eigenvalue weighted by atomic mass is 10.1. The van der Waals surface area contributed by atoms with E-state index in [-0.39, 0.29) is 10.9 Å². The predicted molar refractivity (Wildman–Crippen MR) is 82.4 cm³/mol. The second-order valence-corrected chi connectivity index (χ2v) is 6.75. The number of nitrogens with zero attached hydrogens (tertiary/aromatic N) is 1. The summed E-state index contributed by atoms with van der Waals surface area (Å²) >= 11 is 0. The lowest BCUT2D eigenvalue weighted by Gasteiger charge is -2.17. The van der Waals surface area contributed by atoms with E-state index in [0.29, 0.717) is 5.82 Å². The van der Waals surface area contributed by atoms with Crippen molar-refractivity contribution in [1.29, 1.82) is 0 Å². The van der Waals surface area contributed by atoms with E-state index < -0.39 is 9.84 Å². The normalized spacial score (nSPS) is 12.7. The van der Waals surface area contributed by atoms with Gasteiger partial charge in [0.1, 0.15) is 16.5 Å². The molecule has 1 atom stereocenters. The minimum absolute atomic E-state index is 0.0775. The number of benzene rings is 1. The van der Waals surface area contributed by atoms with Gasteiger partial charge >= 0.3 is 0 Å². The zero-order valence-corrected chi connectivity index (χ0v) is 13.0. The van der Waals surface area contributed by atoms with Crippen molar-refractivity contribution in [3.63, 3.8) is 0 Å². The molecule has 0 saturated carbocycles. The Hall–Kier alpha value is -2.08. The van der Waals surface area contributed by atoms with Gasteiger partial charge in [0.15, 0.2) is 9.84 Å². The first-order chi connectivity index (χ1) is 9.91. The zero-order chi connectivity index (χ0) is 15.5. The van der Waals surface area contributed by atoms with E-state index in [9.17, 15) is 8.42 Å². The number of hydrogen-bond acceptors (Lipinski definition) is 5. The number of nitrogens with one attached hydrogen (secondary N) is 1. The van der Waals surface area contributed by atoms with Crippen LogP contribution in [0.25, 0.3) is 0 Å². The Balaban J connectivity index is 2.25. The van der Waals surface area contributed by atoms with Crippen molar-refractivity contribution < 1.29 is 13.2 Å². The van der Waals surface area contributed by atoms with Crippen LogP contribution in [0.3, 0.4) is 0 Å². The first kappa shape index (κ1) is 15.3. The molecule has 0 radical (unpaired) electrons. The largest absolute Gasteiger partial charge is 0.497 e. The Morgan fingerprint density at radius 1 is 1.19 bits per heavy atom. The highest BCUT2D eigenvalue weighted by Crippen LogP contribution is 2.24. The molecule has 0 aliphatic carbocycles. The fourth-order valence-electron chi connectivity index (χ4n) is 1.98. The van der Waals surface area contributed by atoms with Crippen LogP contribution in [0.1, 0.15) is 18.5 Å². The van der Waals surface area contributed by atoms with Crippen LogP contribution in [0.15, 0.2) is 47.5 Å². The summed E-state index contributed by atoms with van der Waals surface area (Å²) in [5.74, 6) is 1.14. The van der Waals surface area contributed by atoms with Gasteiger partial charge in [-0.25, -0.2) is 13.4 Å². The summed E-state index contributed by atoms with van der Waals surface area (Å²) < 4.78 is 28.6. The summed E-state index contributed by atoms with van der Waals surface area (Å²) in [5, 5.41) is 3.14. The highest BCUT2D eigenvalue weighted by Gasteiger charge is 2.16. The summed E-state index contributed by atoms with van der Waals surface area (Å²) in [7, 11) is -1.70. The molecule has 1 aromatic carbocycles. The molecule has 0 aliphatic heterocycles. The van der Waals surface area contributed by atoms with Gasteiger partial charge in [0.05, 0.1) is 7.11 Å². The van der Waals surface area contributed by atoms with Gasteiger partial charge in [-0.2, -0.15) is 0 Å². The lowest BCUT2D eigenvalue weighted by Crippen LogP contribution is -2.11. The topological polar surface area (TPSA) is 68.3 Å². The van der Waals surface area contributed by atoms with Crippen molar-refractivity contribution in [2.75, 3.05) is 18.7 Å². The SMILES string of the molecule is COc1ccc(C(C)Nc2ncccc2S(C)(=O)=O)cc1. The molecule has 0 saturated heterocycles. The molecule has 112 valence electrons. The van der Waals surface area contributed by atoms with Crippen molar-refractivity contribution in [2.45, 2.75) is 17.9 Å². The third-order valence-corrected chi connectivity index (χ3v) is 4.27. The fraction of sp³-hybridized carbons (Fsp3) is 0.267. The van der Waals surface area contributed by atoms with Gasteiger partial charge in [-0.05, 0) is 36.8 Å². The quantitative estimate of drug-likeness (QED) is 0.920. The van der Waals surface area contributed by atoms with E-state index in [1.54, 1.807) is 25.4 Å². The smallest absolute Gasteiger partial charge is 0.179 e. The molecule has 1 N–H and O–H groups in total. The molecule has 0 amide bonds. The first-order valence-electron chi connectivity index (χ1n) is 6.47. The lowest BCUT2D eigenvalue weighted by molar-refractivity contribution is 0.414. The van der Waals surface area contributed by atoms with Crippen molar-refractivity contribution in [3.8, 4) is 5.75 Å². The van der Waals surface area contributed by atoms with Gasteiger partial charge in [-0.15, -0.1) is 0 Å². The molecule has 0 aliphatic rings. The molecule has 0 spiro atoms. The number of aromatic nitrogens is 1. The Morgan fingerprint density at radius 2 is 1.86 bits per heavy atom. The van der Waals surface area contributed by atoms with Crippen molar-refractivity contribution in [3.05, 3.63) is 48.2 Å². The molecular formula is C15H18N2O3S. The fourth-order valence-corrected chi connectivity index (χ4v) is 2.77. The second-order valence-electron chi connectivity index (χ2n) is 4.76. The third-order valence-electron chi connectivity index (χ3n) is 3.14. The molecule has 6 heteroatoms. The predicted octanol–water partition coefficient (Wildman–Crippen LogP) is 2.67. The Labute approximate surface area is 124 Å². The number of hydrogen-bond donors (Lipinski definition) is 1. The van der Waals surface area contributed by atoms with Gasteiger partial charge in [0.25, 0.3) is 0 Å². The molecule has 2 aromatic rings. The average Bonchev–Trinajstić information content (AvgIpc) is 2.47. The van der Waals surface area contributed by atoms with Crippen molar-refractivity contribution in [1.82, 2.24) is 4.98 Å². The molecule has 21 heavy (non-hydrogen) atoms. The molecule has 1 heterocycles. The zero-order valence-electron chi connectivity index (χ0n) is 12.2. The van der Waals surface area contributed by atoms with Gasteiger partial charge in [-0.1, -0.05) is 12.1 Å². The number of anilines is 1. The summed E-state index contributed by atoms with van der Waals surface area (Å²) in [6, 6.07) is 10.7. The van der Waals surface area contributed by atoms with E-state index in [4.69, 9.17) is 4.74 Å². The molecule has 1 unspecified atom stereocenters. The van der Waals surface area contributed by atoms with E-state index in [1.165, 1.54) is 6.26 Å². The summed E-state index contributed by atoms with van der Waals surface area (Å²) in [6.45, 7) is 1.95. The summed E-state index contributed by atoms with van der Waals surface area (Å²) in [6.07, 6.45) is 2.74. The average molecular weight is 306 g/mol. The van der Waals surface area contributed by atoms with Gasteiger partial charge in [-0.3, -0.25) is 0 Å². The van der Waals surface area contributed by atoms with Crippen molar-refractivity contribution in [2.24, 2.45) is 0 Å². The van der Waals surface area contributed by atoms with Crippen LogP contribution in [0.5, 0.6) is 5.75 Å². The Kier molecular flexibility index (Phi) is 4.47. The van der Waals surface area contributed by atoms with E-state index in [1.807, 2.05) is 31.2 Å². The van der Waals surface area contributed by atoms with Crippen LogP contribution < -0.4 is 10.1 Å². The molecule has 1 aromatic heterocycles. The maximum Gasteiger partial charge on any atom is 0.179 e. The number of ether oxygens (including phenoxy) is 1. The molecule has 0 fully saturated rings. The van der Waals surface area contributed by atoms with Crippen LogP contribution in [0.4, 0.5) is 5.82 Å². The monoisotopic (exact) mass is 306 g/mol. The number of rotatable bonds is 5. The van der Waals surface area contributed by atoms with Crippen molar-refractivity contribution >= 4 is 15.7 Å². The Morgan fingerprint density at radius 3 is 2.43 bits per heavy atom. The minimum atomic E-state index is -3.32. The standard InChI is InChI=1S/C15H18N2O3S/c1-11(12-6-8-13(20-2)9-7-12)17-15-14(21(3,18)19)5-4-10-16-15/h4-11H,1-3H3,(H,16,17). The third kappa shape index (κ3) is 3.72. The van der Waals surface area contributed by atoms with Crippen LogP contribution >= 0.6 is 0 Å². The minimum Gasteiger partial charge on any atom is -0.497 e. The Bertz CT molecular complexity index is 712. The maximum atomic E-state index is 11.8. The second kappa shape index (κ2) is 6.13. The van der Waals surface area contributed by atoms with Gasteiger partial charge in [0, 0.05) is 18.5 Å². The van der Waals surface area contributed by atoms with Crippen LogP contribution in [-0.4, -0.2) is 26.8 Å². The van der Waals surface area contributed by atoms with E-state index in [0.717, 1.165) is 11.3 Å². The molecule has 2 rings (SSSR count). The highest BCUT2D eigenvalue weighted by atomic mass is 32.2. The number of methoxy groups -OCH3 is 1. The number of pyridine rings is 1. The van der Waals surface area contributed by atoms with Crippen LogP contribution in [0.2, 0.25) is 0 Å².